The first kappa shape index (κ1) is 14.9. The quantitative estimate of drug-likeness (QED) is 0.772. The van der Waals surface area contributed by atoms with Crippen LogP contribution in [0.25, 0.3) is 5.65 Å². The second-order valence-corrected chi connectivity index (χ2v) is 7.39. The van der Waals surface area contributed by atoms with E-state index in [1.807, 2.05) is 22.4 Å². The third-order valence-electron chi connectivity index (χ3n) is 5.97. The van der Waals surface area contributed by atoms with E-state index in [0.29, 0.717) is 17.7 Å². The van der Waals surface area contributed by atoms with Crippen LogP contribution in [0.4, 0.5) is 5.82 Å². The molecule has 1 saturated heterocycles. The van der Waals surface area contributed by atoms with Crippen molar-refractivity contribution in [2.75, 3.05) is 31.1 Å². The fourth-order valence-electron chi connectivity index (χ4n) is 4.59. The number of anilines is 1. The summed E-state index contributed by atoms with van der Waals surface area (Å²) in [6.45, 7) is 5.03. The van der Waals surface area contributed by atoms with Gasteiger partial charge in [0.05, 0.1) is 0 Å². The molecule has 1 aliphatic heterocycles. The summed E-state index contributed by atoms with van der Waals surface area (Å²) in [4.78, 5) is 21.7. The molecule has 3 heterocycles. The number of amides is 1. The van der Waals surface area contributed by atoms with Crippen LogP contribution in [0.15, 0.2) is 24.5 Å². The summed E-state index contributed by atoms with van der Waals surface area (Å²) in [5.41, 5.74) is 0.790. The van der Waals surface area contributed by atoms with Crippen LogP contribution in [0.1, 0.15) is 18.7 Å². The predicted octanol–water partition coefficient (Wildman–Crippen LogP) is 1.29. The number of nitrogens with zero attached hydrogens (tertiary/aromatic N) is 6. The number of carbonyl (C=O) groups excluding carboxylic acids is 1. The lowest BCUT2D eigenvalue weighted by molar-refractivity contribution is -0.136. The minimum Gasteiger partial charge on any atom is -0.350 e. The van der Waals surface area contributed by atoms with Crippen LogP contribution in [-0.2, 0) is 4.79 Å². The summed E-state index contributed by atoms with van der Waals surface area (Å²) in [6, 6.07) is 0. The van der Waals surface area contributed by atoms with Gasteiger partial charge in [0.1, 0.15) is 5.82 Å². The fraction of sp³-hybridized carbons (Fsp3) is 0.556. The molecule has 2 aliphatic carbocycles. The highest BCUT2D eigenvalue weighted by Crippen LogP contribution is 2.44. The van der Waals surface area contributed by atoms with Gasteiger partial charge in [0.2, 0.25) is 11.6 Å². The lowest BCUT2D eigenvalue weighted by Gasteiger charge is -2.37. The highest BCUT2D eigenvalue weighted by molar-refractivity contribution is 5.80. The van der Waals surface area contributed by atoms with Gasteiger partial charge in [-0.15, -0.1) is 10.2 Å². The number of allylic oxidation sites excluding steroid dienone is 2. The number of carbonyl (C=O) groups is 1. The molecular weight excluding hydrogens is 316 g/mol. The molecule has 7 nitrogen and oxygen atoms in total. The molecule has 2 fully saturated rings. The summed E-state index contributed by atoms with van der Waals surface area (Å²) in [6.07, 6.45) is 10.4. The third-order valence-corrected chi connectivity index (χ3v) is 5.97. The second kappa shape index (κ2) is 5.54. The fourth-order valence-corrected chi connectivity index (χ4v) is 4.59. The van der Waals surface area contributed by atoms with Gasteiger partial charge in [-0.1, -0.05) is 12.2 Å². The van der Waals surface area contributed by atoms with Crippen LogP contribution in [-0.4, -0.2) is 56.6 Å². The van der Waals surface area contributed by atoms with Crippen LogP contribution in [0.5, 0.6) is 0 Å². The Bertz CT molecular complexity index is 850. The first-order chi connectivity index (χ1) is 12.2. The lowest BCUT2D eigenvalue weighted by Crippen LogP contribution is -2.51. The maximum absolute atomic E-state index is 12.9. The molecule has 2 aromatic rings. The molecule has 130 valence electrons. The van der Waals surface area contributed by atoms with Crippen molar-refractivity contribution in [3.05, 3.63) is 30.4 Å². The molecule has 3 atom stereocenters. The molecule has 1 saturated carbocycles. The Labute approximate surface area is 146 Å². The van der Waals surface area contributed by atoms with Gasteiger partial charge in [0, 0.05) is 44.5 Å². The van der Waals surface area contributed by atoms with Crippen LogP contribution in [0.3, 0.4) is 0 Å². The Kier molecular flexibility index (Phi) is 3.29. The van der Waals surface area contributed by atoms with Crippen molar-refractivity contribution in [2.24, 2.45) is 17.8 Å². The van der Waals surface area contributed by atoms with Gasteiger partial charge in [0.15, 0.2) is 5.82 Å². The number of fused-ring (bicyclic) bond motifs is 3. The number of hydrogen-bond acceptors (Lipinski definition) is 5. The molecule has 0 spiro atoms. The monoisotopic (exact) mass is 338 g/mol. The Morgan fingerprint density at radius 2 is 1.96 bits per heavy atom. The largest absolute Gasteiger partial charge is 0.350 e. The minimum absolute atomic E-state index is 0.210. The van der Waals surface area contributed by atoms with E-state index in [9.17, 15) is 4.79 Å². The van der Waals surface area contributed by atoms with Crippen LogP contribution in [0, 0.1) is 24.7 Å². The van der Waals surface area contributed by atoms with Crippen LogP contribution < -0.4 is 4.90 Å². The van der Waals surface area contributed by atoms with E-state index >= 15 is 0 Å². The van der Waals surface area contributed by atoms with Gasteiger partial charge in [-0.25, -0.2) is 4.98 Å². The predicted molar refractivity (Wildman–Crippen MR) is 93.2 cm³/mol. The highest BCUT2D eigenvalue weighted by Gasteiger charge is 2.41. The van der Waals surface area contributed by atoms with Crippen molar-refractivity contribution in [2.45, 2.75) is 19.8 Å². The zero-order valence-corrected chi connectivity index (χ0v) is 14.4. The van der Waals surface area contributed by atoms with Gasteiger partial charge >= 0.3 is 0 Å². The Morgan fingerprint density at radius 3 is 2.68 bits per heavy atom. The molecule has 0 aromatic carbocycles. The molecular formula is C18H22N6O. The molecule has 0 radical (unpaired) electrons. The summed E-state index contributed by atoms with van der Waals surface area (Å²) in [5, 5.41) is 8.40. The van der Waals surface area contributed by atoms with Gasteiger partial charge in [0.25, 0.3) is 0 Å². The molecule has 1 amide bonds. The number of hydrogen-bond donors (Lipinski definition) is 0. The van der Waals surface area contributed by atoms with Crippen molar-refractivity contribution < 1.29 is 4.79 Å². The third kappa shape index (κ3) is 2.33. The first-order valence-electron chi connectivity index (χ1n) is 9.09. The van der Waals surface area contributed by atoms with E-state index in [-0.39, 0.29) is 5.92 Å². The molecule has 7 heteroatoms. The van der Waals surface area contributed by atoms with Gasteiger partial charge in [-0.05, 0) is 31.6 Å². The molecule has 3 aliphatic rings. The highest BCUT2D eigenvalue weighted by atomic mass is 16.2. The average molecular weight is 338 g/mol. The average Bonchev–Trinajstić information content (AvgIpc) is 3.37. The van der Waals surface area contributed by atoms with Crippen molar-refractivity contribution in [3.63, 3.8) is 0 Å². The van der Waals surface area contributed by atoms with E-state index in [4.69, 9.17) is 0 Å². The maximum Gasteiger partial charge on any atom is 0.226 e. The SMILES string of the molecule is Cc1nnc2c(N3CCN(C(=O)C4CC5C=CC4C5)CC3)nccn12. The normalized spacial score (nSPS) is 28.3. The summed E-state index contributed by atoms with van der Waals surface area (Å²) < 4.78 is 1.96. The summed E-state index contributed by atoms with van der Waals surface area (Å²) >= 11 is 0. The molecule has 3 unspecified atom stereocenters. The number of rotatable bonds is 2. The topological polar surface area (TPSA) is 66.6 Å². The van der Waals surface area contributed by atoms with Crippen LogP contribution >= 0.6 is 0 Å². The van der Waals surface area contributed by atoms with E-state index in [2.05, 4.69) is 32.2 Å². The Hall–Kier alpha value is -2.44. The first-order valence-corrected chi connectivity index (χ1v) is 9.09. The van der Waals surface area contributed by atoms with Crippen molar-refractivity contribution in [3.8, 4) is 0 Å². The minimum atomic E-state index is 0.210. The van der Waals surface area contributed by atoms with E-state index in [0.717, 1.165) is 49.9 Å². The molecule has 2 bridgehead atoms. The standard InChI is InChI=1S/C18H22N6O/c1-12-20-21-17-16(19-4-5-24(12)17)22-6-8-23(9-7-22)18(25)15-11-13-2-3-14(15)10-13/h2-5,13-15H,6-11H2,1H3. The number of piperazine rings is 1. The van der Waals surface area contributed by atoms with Crippen molar-refractivity contribution in [1.29, 1.82) is 0 Å². The zero-order chi connectivity index (χ0) is 17.0. The smallest absolute Gasteiger partial charge is 0.226 e. The maximum atomic E-state index is 12.9. The zero-order valence-electron chi connectivity index (χ0n) is 14.4. The molecule has 0 N–H and O–H groups in total. The number of aryl methyl sites for hydroxylation is 1. The lowest BCUT2D eigenvalue weighted by atomic mass is 9.92. The molecule has 25 heavy (non-hydrogen) atoms. The summed E-state index contributed by atoms with van der Waals surface area (Å²) in [5.74, 6) is 3.39. The number of aromatic nitrogens is 4. The van der Waals surface area contributed by atoms with Crippen LogP contribution in [0.2, 0.25) is 0 Å². The van der Waals surface area contributed by atoms with Gasteiger partial charge in [-0.2, -0.15) is 0 Å². The Balaban J connectivity index is 1.29. The van der Waals surface area contributed by atoms with Gasteiger partial charge < -0.3 is 9.80 Å². The van der Waals surface area contributed by atoms with Crippen molar-refractivity contribution in [1.82, 2.24) is 24.5 Å². The van der Waals surface area contributed by atoms with Crippen molar-refractivity contribution >= 4 is 17.4 Å². The van der Waals surface area contributed by atoms with E-state index < -0.39 is 0 Å². The summed E-state index contributed by atoms with van der Waals surface area (Å²) in [7, 11) is 0. The molecule has 5 rings (SSSR count). The van der Waals surface area contributed by atoms with E-state index in [1.165, 1.54) is 6.42 Å². The van der Waals surface area contributed by atoms with Gasteiger partial charge in [-0.3, -0.25) is 9.20 Å². The second-order valence-electron chi connectivity index (χ2n) is 7.39. The molecule has 2 aromatic heterocycles. The van der Waals surface area contributed by atoms with E-state index in [1.54, 1.807) is 6.20 Å². The Morgan fingerprint density at radius 1 is 1.12 bits per heavy atom.